The van der Waals surface area contributed by atoms with Gasteiger partial charge in [0.1, 0.15) is 5.01 Å². The summed E-state index contributed by atoms with van der Waals surface area (Å²) >= 11 is 3.36. The van der Waals surface area contributed by atoms with Crippen LogP contribution in [0.15, 0.2) is 53.4 Å². The van der Waals surface area contributed by atoms with Crippen LogP contribution in [0.25, 0.3) is 10.2 Å². The zero-order valence-electron chi connectivity index (χ0n) is 14.0. The van der Waals surface area contributed by atoms with Crippen molar-refractivity contribution in [3.05, 3.63) is 59.1 Å². The van der Waals surface area contributed by atoms with Gasteiger partial charge in [0.15, 0.2) is 0 Å². The Morgan fingerprint density at radius 2 is 1.88 bits per heavy atom. The van der Waals surface area contributed by atoms with E-state index in [9.17, 15) is 4.79 Å². The monoisotopic (exact) mass is 356 g/mol. The maximum atomic E-state index is 12.9. The number of benzene rings is 2. The number of hydrogen-bond acceptors (Lipinski definition) is 4. The molecule has 0 aliphatic rings. The second-order valence-electron chi connectivity index (χ2n) is 5.90. The minimum Gasteiger partial charge on any atom is -0.335 e. The third-order valence-corrected chi connectivity index (χ3v) is 5.64. The van der Waals surface area contributed by atoms with Gasteiger partial charge in [-0.3, -0.25) is 4.79 Å². The Hall–Kier alpha value is -1.85. The molecule has 24 heavy (non-hydrogen) atoms. The van der Waals surface area contributed by atoms with Crippen LogP contribution in [0.5, 0.6) is 0 Å². The lowest BCUT2D eigenvalue weighted by Gasteiger charge is -2.18. The minimum absolute atomic E-state index is 0.0398. The SMILES string of the molecule is CC(C)Sc1ccccc1C(=O)N(C)Cc1nc2ccccc2s1. The quantitative estimate of drug-likeness (QED) is 0.599. The standard InChI is InChI=1S/C19H20N2OS2/c1-13(2)23-16-10-6-4-8-14(16)19(22)21(3)12-18-20-15-9-5-7-11-17(15)24-18/h4-11,13H,12H2,1-3H3. The van der Waals surface area contributed by atoms with Gasteiger partial charge >= 0.3 is 0 Å². The van der Waals surface area contributed by atoms with Crippen LogP contribution in [0.3, 0.4) is 0 Å². The first kappa shape index (κ1) is 17.0. The molecule has 1 amide bonds. The number of thiazole rings is 1. The molecular weight excluding hydrogens is 336 g/mol. The predicted octanol–water partition coefficient (Wildman–Crippen LogP) is 5.07. The zero-order chi connectivity index (χ0) is 17.1. The normalized spacial score (nSPS) is 11.2. The van der Waals surface area contributed by atoms with E-state index in [1.54, 1.807) is 28.0 Å². The second kappa shape index (κ2) is 7.36. The molecule has 0 fully saturated rings. The summed E-state index contributed by atoms with van der Waals surface area (Å²) in [6, 6.07) is 15.9. The van der Waals surface area contributed by atoms with Crippen molar-refractivity contribution in [1.82, 2.24) is 9.88 Å². The molecule has 0 saturated carbocycles. The number of para-hydroxylation sites is 1. The van der Waals surface area contributed by atoms with Crippen molar-refractivity contribution in [3.8, 4) is 0 Å². The number of hydrogen-bond donors (Lipinski definition) is 0. The molecule has 0 unspecified atom stereocenters. The molecule has 1 heterocycles. The Balaban J connectivity index is 1.79. The smallest absolute Gasteiger partial charge is 0.255 e. The molecule has 0 spiro atoms. The molecule has 0 aliphatic heterocycles. The molecule has 0 radical (unpaired) electrons. The van der Waals surface area contributed by atoms with Crippen molar-refractivity contribution in [3.63, 3.8) is 0 Å². The van der Waals surface area contributed by atoms with Crippen molar-refractivity contribution < 1.29 is 4.79 Å². The molecule has 1 aromatic heterocycles. The third-order valence-electron chi connectivity index (χ3n) is 3.54. The fourth-order valence-corrected chi connectivity index (χ4v) is 4.44. The van der Waals surface area contributed by atoms with E-state index in [4.69, 9.17) is 0 Å². The maximum Gasteiger partial charge on any atom is 0.255 e. The molecule has 0 bridgehead atoms. The van der Waals surface area contributed by atoms with Crippen LogP contribution in [0.2, 0.25) is 0 Å². The Kier molecular flexibility index (Phi) is 5.21. The minimum atomic E-state index is 0.0398. The molecule has 0 saturated heterocycles. The Morgan fingerprint density at radius 1 is 1.17 bits per heavy atom. The van der Waals surface area contributed by atoms with Crippen LogP contribution in [-0.4, -0.2) is 28.1 Å². The van der Waals surface area contributed by atoms with Crippen molar-refractivity contribution in [1.29, 1.82) is 0 Å². The molecule has 124 valence electrons. The molecule has 3 aromatic rings. The molecule has 0 aliphatic carbocycles. The van der Waals surface area contributed by atoms with Crippen LogP contribution in [0.4, 0.5) is 0 Å². The summed E-state index contributed by atoms with van der Waals surface area (Å²) in [4.78, 5) is 20.3. The van der Waals surface area contributed by atoms with E-state index in [0.29, 0.717) is 11.8 Å². The first-order chi connectivity index (χ1) is 11.5. The van der Waals surface area contributed by atoms with Gasteiger partial charge in [0.05, 0.1) is 22.3 Å². The van der Waals surface area contributed by atoms with Crippen LogP contribution in [0.1, 0.15) is 29.2 Å². The number of rotatable bonds is 5. The van der Waals surface area contributed by atoms with E-state index in [1.165, 1.54) is 0 Å². The van der Waals surface area contributed by atoms with Crippen LogP contribution < -0.4 is 0 Å². The summed E-state index contributed by atoms with van der Waals surface area (Å²) in [5.41, 5.74) is 1.76. The Labute approximate surface area is 150 Å². The molecule has 2 aromatic carbocycles. The van der Waals surface area contributed by atoms with E-state index in [2.05, 4.69) is 24.9 Å². The number of carbonyl (C=O) groups excluding carboxylic acids is 1. The number of thioether (sulfide) groups is 1. The number of fused-ring (bicyclic) bond motifs is 1. The lowest BCUT2D eigenvalue weighted by molar-refractivity contribution is 0.0781. The van der Waals surface area contributed by atoms with Crippen molar-refractivity contribution in [2.24, 2.45) is 0 Å². The van der Waals surface area contributed by atoms with Gasteiger partial charge in [-0.15, -0.1) is 23.1 Å². The van der Waals surface area contributed by atoms with Crippen molar-refractivity contribution >= 4 is 39.2 Å². The Morgan fingerprint density at radius 3 is 2.62 bits per heavy atom. The highest BCUT2D eigenvalue weighted by Crippen LogP contribution is 2.28. The molecule has 5 heteroatoms. The lowest BCUT2D eigenvalue weighted by Crippen LogP contribution is -2.26. The fraction of sp³-hybridized carbons (Fsp3) is 0.263. The maximum absolute atomic E-state index is 12.9. The number of amides is 1. The molecule has 3 rings (SSSR count). The average Bonchev–Trinajstić information content (AvgIpc) is 2.96. The molecule has 0 N–H and O–H groups in total. The van der Waals surface area contributed by atoms with Gasteiger partial charge in [-0.2, -0.15) is 0 Å². The van der Waals surface area contributed by atoms with Crippen molar-refractivity contribution in [2.75, 3.05) is 7.05 Å². The fourth-order valence-electron chi connectivity index (χ4n) is 2.47. The lowest BCUT2D eigenvalue weighted by atomic mass is 10.2. The molecular formula is C19H20N2OS2. The van der Waals surface area contributed by atoms with Crippen LogP contribution >= 0.6 is 23.1 Å². The van der Waals surface area contributed by atoms with Crippen LogP contribution in [0, 0.1) is 0 Å². The highest BCUT2D eigenvalue weighted by Gasteiger charge is 2.18. The average molecular weight is 357 g/mol. The number of aromatic nitrogens is 1. The van der Waals surface area contributed by atoms with Gasteiger partial charge < -0.3 is 4.90 Å². The zero-order valence-corrected chi connectivity index (χ0v) is 15.7. The van der Waals surface area contributed by atoms with Crippen LogP contribution in [-0.2, 0) is 6.54 Å². The van der Waals surface area contributed by atoms with E-state index >= 15 is 0 Å². The second-order valence-corrected chi connectivity index (χ2v) is 8.63. The van der Waals surface area contributed by atoms with Gasteiger partial charge in [0.2, 0.25) is 0 Å². The van der Waals surface area contributed by atoms with Gasteiger partial charge in [-0.1, -0.05) is 38.1 Å². The van der Waals surface area contributed by atoms with E-state index < -0.39 is 0 Å². The number of nitrogens with zero attached hydrogens (tertiary/aromatic N) is 2. The highest BCUT2D eigenvalue weighted by molar-refractivity contribution is 8.00. The summed E-state index contributed by atoms with van der Waals surface area (Å²) in [6.07, 6.45) is 0. The summed E-state index contributed by atoms with van der Waals surface area (Å²) in [5, 5.41) is 1.40. The van der Waals surface area contributed by atoms with Gasteiger partial charge in [0.25, 0.3) is 5.91 Å². The van der Waals surface area contributed by atoms with Crippen molar-refractivity contribution in [2.45, 2.75) is 30.5 Å². The molecule has 0 atom stereocenters. The summed E-state index contributed by atoms with van der Waals surface area (Å²) in [5.74, 6) is 0.0398. The Bertz CT molecular complexity index is 824. The van der Waals surface area contributed by atoms with Gasteiger partial charge in [-0.05, 0) is 24.3 Å². The van der Waals surface area contributed by atoms with E-state index in [0.717, 1.165) is 25.7 Å². The van der Waals surface area contributed by atoms with Gasteiger partial charge in [0, 0.05) is 17.2 Å². The van der Waals surface area contributed by atoms with E-state index in [-0.39, 0.29) is 5.91 Å². The largest absolute Gasteiger partial charge is 0.335 e. The first-order valence-electron chi connectivity index (χ1n) is 7.90. The summed E-state index contributed by atoms with van der Waals surface area (Å²) in [6.45, 7) is 4.80. The third kappa shape index (κ3) is 3.79. The summed E-state index contributed by atoms with van der Waals surface area (Å²) < 4.78 is 1.16. The number of carbonyl (C=O) groups is 1. The predicted molar refractivity (Wildman–Crippen MR) is 103 cm³/mol. The highest BCUT2D eigenvalue weighted by atomic mass is 32.2. The van der Waals surface area contributed by atoms with E-state index in [1.807, 2.05) is 49.5 Å². The topological polar surface area (TPSA) is 33.2 Å². The first-order valence-corrected chi connectivity index (χ1v) is 9.60. The summed E-state index contributed by atoms with van der Waals surface area (Å²) in [7, 11) is 1.84. The molecule has 3 nitrogen and oxygen atoms in total. The van der Waals surface area contributed by atoms with Gasteiger partial charge in [-0.25, -0.2) is 4.98 Å².